The third-order valence-electron chi connectivity index (χ3n) is 2.75. The van der Waals surface area contributed by atoms with Crippen molar-refractivity contribution in [3.8, 4) is 18.1 Å². The molecule has 8 heteroatoms. The highest BCUT2D eigenvalue weighted by Crippen LogP contribution is 2.29. The van der Waals surface area contributed by atoms with E-state index in [1.165, 1.54) is 17.0 Å². The van der Waals surface area contributed by atoms with Crippen LogP contribution in [-0.4, -0.2) is 29.7 Å². The van der Waals surface area contributed by atoms with Gasteiger partial charge in [-0.2, -0.15) is 4.99 Å². The number of hydrogen-bond donors (Lipinski definition) is 1. The molecule has 1 atom stereocenters. The second-order valence-corrected chi connectivity index (χ2v) is 4.17. The molecular formula is C13H10F3N3O2. The number of ether oxygens (including phenoxy) is 1. The summed E-state index contributed by atoms with van der Waals surface area (Å²) >= 11 is 0. The third kappa shape index (κ3) is 3.25. The minimum Gasteiger partial charge on any atom is -0.406 e. The zero-order valence-corrected chi connectivity index (χ0v) is 10.6. The number of carbonyl (C=O) groups excluding carboxylic acids is 1. The zero-order valence-electron chi connectivity index (χ0n) is 10.6. The number of nitrogens with zero attached hydrogens (tertiary/aromatic N) is 2. The van der Waals surface area contributed by atoms with Crippen molar-refractivity contribution in [2.75, 3.05) is 6.54 Å². The van der Waals surface area contributed by atoms with E-state index in [0.717, 1.165) is 12.1 Å². The predicted molar refractivity (Wildman–Crippen MR) is 68.4 cm³/mol. The summed E-state index contributed by atoms with van der Waals surface area (Å²) in [6.45, 7) is -0.00545. The third-order valence-corrected chi connectivity index (χ3v) is 2.75. The molecule has 1 aromatic carbocycles. The number of benzene rings is 1. The average molecular weight is 297 g/mol. The lowest BCUT2D eigenvalue weighted by Crippen LogP contribution is -2.33. The first-order chi connectivity index (χ1) is 9.81. The van der Waals surface area contributed by atoms with Gasteiger partial charge in [-0.3, -0.25) is 4.90 Å². The van der Waals surface area contributed by atoms with E-state index in [1.807, 2.05) is 0 Å². The van der Waals surface area contributed by atoms with E-state index in [-0.39, 0.29) is 18.1 Å². The maximum atomic E-state index is 12.1. The van der Waals surface area contributed by atoms with Gasteiger partial charge in [0.15, 0.2) is 0 Å². The number of amidine groups is 1. The van der Waals surface area contributed by atoms with Gasteiger partial charge in [-0.1, -0.05) is 18.1 Å². The lowest BCUT2D eigenvalue weighted by atomic mass is 10.1. The second kappa shape index (κ2) is 5.36. The number of terminal acetylenes is 1. The van der Waals surface area contributed by atoms with E-state index < -0.39 is 18.4 Å². The van der Waals surface area contributed by atoms with Crippen molar-refractivity contribution < 1.29 is 22.7 Å². The first-order valence-corrected chi connectivity index (χ1v) is 5.75. The second-order valence-electron chi connectivity index (χ2n) is 4.17. The Morgan fingerprint density at radius 2 is 2.00 bits per heavy atom. The predicted octanol–water partition coefficient (Wildman–Crippen LogP) is 2.05. The molecule has 1 aliphatic heterocycles. The van der Waals surface area contributed by atoms with Gasteiger partial charge >= 0.3 is 12.4 Å². The zero-order chi connectivity index (χ0) is 15.6. The van der Waals surface area contributed by atoms with Crippen LogP contribution in [0.25, 0.3) is 0 Å². The molecule has 110 valence electrons. The number of nitrogens with two attached hydrogens (primary N) is 1. The molecule has 0 fully saturated rings. The van der Waals surface area contributed by atoms with Crippen molar-refractivity contribution in [2.45, 2.75) is 12.4 Å². The lowest BCUT2D eigenvalue weighted by molar-refractivity contribution is -0.274. The van der Waals surface area contributed by atoms with Crippen LogP contribution >= 0.6 is 0 Å². The highest BCUT2D eigenvalue weighted by molar-refractivity contribution is 6.03. The SMILES string of the molecule is C#CCN1C(=O)N=C(N)C1c1ccc(OC(F)(F)F)cc1. The van der Waals surface area contributed by atoms with Crippen LogP contribution in [0.15, 0.2) is 29.3 Å². The molecule has 0 bridgehead atoms. The molecule has 2 amide bonds. The van der Waals surface area contributed by atoms with Gasteiger partial charge in [-0.25, -0.2) is 4.79 Å². The van der Waals surface area contributed by atoms with Crippen molar-refractivity contribution in [3.63, 3.8) is 0 Å². The Morgan fingerprint density at radius 1 is 1.38 bits per heavy atom. The molecule has 0 spiro atoms. The minimum atomic E-state index is -4.76. The van der Waals surface area contributed by atoms with Crippen molar-refractivity contribution in [1.82, 2.24) is 4.90 Å². The first-order valence-electron chi connectivity index (χ1n) is 5.75. The van der Waals surface area contributed by atoms with Crippen LogP contribution in [0.2, 0.25) is 0 Å². The molecule has 2 N–H and O–H groups in total. The fourth-order valence-electron chi connectivity index (χ4n) is 1.97. The Kier molecular flexibility index (Phi) is 3.76. The summed E-state index contributed by atoms with van der Waals surface area (Å²) < 4.78 is 40.0. The quantitative estimate of drug-likeness (QED) is 0.868. The van der Waals surface area contributed by atoms with Gasteiger partial charge < -0.3 is 10.5 Å². The van der Waals surface area contributed by atoms with Crippen LogP contribution < -0.4 is 10.5 Å². The number of rotatable bonds is 3. The van der Waals surface area contributed by atoms with Gasteiger partial charge in [0.25, 0.3) is 0 Å². The van der Waals surface area contributed by atoms with E-state index >= 15 is 0 Å². The largest absolute Gasteiger partial charge is 0.573 e. The van der Waals surface area contributed by atoms with Gasteiger partial charge in [0.1, 0.15) is 17.6 Å². The molecular weight excluding hydrogens is 287 g/mol. The molecule has 21 heavy (non-hydrogen) atoms. The van der Waals surface area contributed by atoms with E-state index in [0.29, 0.717) is 5.56 Å². The molecule has 1 unspecified atom stereocenters. The van der Waals surface area contributed by atoms with Crippen LogP contribution in [0.3, 0.4) is 0 Å². The van der Waals surface area contributed by atoms with Crippen molar-refractivity contribution in [1.29, 1.82) is 0 Å². The first kappa shape index (κ1) is 14.7. The van der Waals surface area contributed by atoms with Gasteiger partial charge in [0.2, 0.25) is 0 Å². The van der Waals surface area contributed by atoms with Crippen LogP contribution in [-0.2, 0) is 0 Å². The van der Waals surface area contributed by atoms with E-state index in [1.54, 1.807) is 0 Å². The topological polar surface area (TPSA) is 67.9 Å². The average Bonchev–Trinajstić information content (AvgIpc) is 2.64. The van der Waals surface area contributed by atoms with Crippen LogP contribution in [0.4, 0.5) is 18.0 Å². The van der Waals surface area contributed by atoms with Crippen LogP contribution in [0, 0.1) is 12.3 Å². The maximum absolute atomic E-state index is 12.1. The molecule has 1 aromatic rings. The molecule has 1 heterocycles. The van der Waals surface area contributed by atoms with Crippen molar-refractivity contribution >= 4 is 11.9 Å². The summed E-state index contributed by atoms with van der Waals surface area (Å²) in [6, 6.07) is 3.74. The Morgan fingerprint density at radius 3 is 2.52 bits per heavy atom. The normalized spacial score (nSPS) is 18.4. The molecule has 2 rings (SSSR count). The van der Waals surface area contributed by atoms with Crippen LogP contribution in [0.5, 0.6) is 5.75 Å². The highest BCUT2D eigenvalue weighted by Gasteiger charge is 2.34. The number of amides is 2. The number of urea groups is 1. The molecule has 0 aromatic heterocycles. The number of halogens is 3. The van der Waals surface area contributed by atoms with Gasteiger partial charge in [0.05, 0.1) is 6.54 Å². The van der Waals surface area contributed by atoms with E-state index in [9.17, 15) is 18.0 Å². The molecule has 0 saturated carbocycles. The summed E-state index contributed by atoms with van der Waals surface area (Å²) in [5, 5.41) is 0. The molecule has 0 saturated heterocycles. The summed E-state index contributed by atoms with van der Waals surface area (Å²) in [7, 11) is 0. The minimum absolute atomic E-state index is 0.00545. The summed E-state index contributed by atoms with van der Waals surface area (Å²) in [6.07, 6.45) is 0.406. The Labute approximate surface area is 118 Å². The summed E-state index contributed by atoms with van der Waals surface area (Å²) in [5.74, 6) is 1.98. The standard InChI is InChI=1S/C13H10F3N3O2/c1-2-7-19-10(11(17)18-12(19)20)8-3-5-9(6-4-8)21-13(14,15)16/h1,3-6,10H,7H2,(H2,17,18,20). The molecule has 5 nitrogen and oxygen atoms in total. The van der Waals surface area contributed by atoms with Crippen molar-refractivity contribution in [3.05, 3.63) is 29.8 Å². The summed E-state index contributed by atoms with van der Waals surface area (Å²) in [4.78, 5) is 16.5. The number of aliphatic imine (C=N–C) groups is 1. The number of alkyl halides is 3. The van der Waals surface area contributed by atoms with Crippen LogP contribution in [0.1, 0.15) is 11.6 Å². The molecule has 0 aliphatic carbocycles. The lowest BCUT2D eigenvalue weighted by Gasteiger charge is -2.22. The fraction of sp³-hybridized carbons (Fsp3) is 0.231. The van der Waals surface area contributed by atoms with E-state index in [2.05, 4.69) is 15.6 Å². The molecule has 0 radical (unpaired) electrons. The molecule has 1 aliphatic rings. The van der Waals surface area contributed by atoms with Crippen molar-refractivity contribution in [2.24, 2.45) is 10.7 Å². The maximum Gasteiger partial charge on any atom is 0.573 e. The van der Waals surface area contributed by atoms with Gasteiger partial charge in [0, 0.05) is 0 Å². The highest BCUT2D eigenvalue weighted by atomic mass is 19.4. The monoisotopic (exact) mass is 297 g/mol. The summed E-state index contributed by atoms with van der Waals surface area (Å²) in [5.41, 5.74) is 6.16. The smallest absolute Gasteiger partial charge is 0.406 e. The Balaban J connectivity index is 2.23. The van der Waals surface area contributed by atoms with Gasteiger partial charge in [-0.15, -0.1) is 19.6 Å². The Bertz CT molecular complexity index is 617. The van der Waals surface area contributed by atoms with Gasteiger partial charge in [-0.05, 0) is 17.7 Å². The number of carbonyl (C=O) groups is 1. The number of hydrogen-bond acceptors (Lipinski definition) is 3. The fourth-order valence-corrected chi connectivity index (χ4v) is 1.97. The Hall–Kier alpha value is -2.69. The van der Waals surface area contributed by atoms with E-state index in [4.69, 9.17) is 12.2 Å².